The summed E-state index contributed by atoms with van der Waals surface area (Å²) in [6.07, 6.45) is 0.579. The molecular formula is C17H17N3O5. The van der Waals surface area contributed by atoms with E-state index in [1.54, 1.807) is 24.3 Å². The van der Waals surface area contributed by atoms with Gasteiger partial charge in [0.05, 0.1) is 11.1 Å². The van der Waals surface area contributed by atoms with Gasteiger partial charge in [0.15, 0.2) is 0 Å². The van der Waals surface area contributed by atoms with Gasteiger partial charge in [-0.15, -0.1) is 0 Å². The zero-order valence-corrected chi connectivity index (χ0v) is 13.7. The molecule has 0 bridgehead atoms. The number of piperazine rings is 1. The summed E-state index contributed by atoms with van der Waals surface area (Å²) >= 11 is 0. The van der Waals surface area contributed by atoms with Crippen LogP contribution in [0.25, 0.3) is 0 Å². The Balaban J connectivity index is 1.61. The largest absolute Gasteiger partial charge is 0.343 e. The van der Waals surface area contributed by atoms with Crippen molar-refractivity contribution in [2.24, 2.45) is 0 Å². The van der Waals surface area contributed by atoms with Crippen molar-refractivity contribution in [1.29, 1.82) is 0 Å². The Hall–Kier alpha value is -3.03. The van der Waals surface area contributed by atoms with Gasteiger partial charge in [-0.3, -0.25) is 33.8 Å². The van der Waals surface area contributed by atoms with Gasteiger partial charge < -0.3 is 5.32 Å². The fourth-order valence-corrected chi connectivity index (χ4v) is 3.07. The highest BCUT2D eigenvalue weighted by Crippen LogP contribution is 2.23. The molecule has 1 aromatic rings. The number of hydrogen-bond donors (Lipinski definition) is 1. The summed E-state index contributed by atoms with van der Waals surface area (Å²) < 4.78 is 0. The smallest absolute Gasteiger partial charge is 0.261 e. The molecule has 1 N–H and O–H groups in total. The molecule has 8 heteroatoms. The Morgan fingerprint density at radius 3 is 2.28 bits per heavy atom. The highest BCUT2D eigenvalue weighted by molar-refractivity contribution is 6.21. The number of benzene rings is 1. The number of hydrogen-bond acceptors (Lipinski definition) is 5. The number of nitrogens with one attached hydrogen (secondary N) is 1. The van der Waals surface area contributed by atoms with Gasteiger partial charge in [-0.1, -0.05) is 12.1 Å². The number of carbonyl (C=O) groups is 5. The molecule has 0 spiro atoms. The topological polar surface area (TPSA) is 104 Å². The highest BCUT2D eigenvalue weighted by atomic mass is 16.2. The first-order valence-corrected chi connectivity index (χ1v) is 7.96. The maximum atomic E-state index is 12.3. The van der Waals surface area contributed by atoms with Crippen molar-refractivity contribution < 1.29 is 24.0 Å². The third-order valence-corrected chi connectivity index (χ3v) is 4.33. The maximum Gasteiger partial charge on any atom is 0.261 e. The summed E-state index contributed by atoms with van der Waals surface area (Å²) in [5, 5.41) is 2.55. The minimum atomic E-state index is -0.819. The van der Waals surface area contributed by atoms with E-state index in [4.69, 9.17) is 0 Å². The van der Waals surface area contributed by atoms with Crippen LogP contribution in [0.1, 0.15) is 40.5 Å². The fourth-order valence-electron chi connectivity index (χ4n) is 3.07. The van der Waals surface area contributed by atoms with Crippen molar-refractivity contribution in [2.45, 2.75) is 25.8 Å². The molecular weight excluding hydrogens is 326 g/mol. The van der Waals surface area contributed by atoms with E-state index in [0.29, 0.717) is 17.5 Å². The van der Waals surface area contributed by atoms with Crippen LogP contribution in [-0.2, 0) is 14.4 Å². The molecule has 0 aromatic heterocycles. The van der Waals surface area contributed by atoms with Crippen LogP contribution in [-0.4, -0.2) is 58.5 Å². The van der Waals surface area contributed by atoms with Gasteiger partial charge in [0.25, 0.3) is 17.7 Å². The summed E-state index contributed by atoms with van der Waals surface area (Å²) in [6, 6.07) is 5.77. The monoisotopic (exact) mass is 343 g/mol. The van der Waals surface area contributed by atoms with Gasteiger partial charge >= 0.3 is 0 Å². The summed E-state index contributed by atoms with van der Waals surface area (Å²) in [7, 11) is 0. The average Bonchev–Trinajstić information content (AvgIpc) is 2.82. The average molecular weight is 343 g/mol. The zero-order valence-electron chi connectivity index (χ0n) is 13.7. The number of nitrogens with zero attached hydrogens (tertiary/aromatic N) is 2. The molecule has 0 radical (unpaired) electrons. The summed E-state index contributed by atoms with van der Waals surface area (Å²) in [4.78, 5) is 61.8. The molecule has 3 rings (SSSR count). The van der Waals surface area contributed by atoms with Crippen molar-refractivity contribution in [1.82, 2.24) is 15.1 Å². The van der Waals surface area contributed by atoms with Crippen LogP contribution in [0.2, 0.25) is 0 Å². The second kappa shape index (κ2) is 6.46. The molecule has 2 heterocycles. The van der Waals surface area contributed by atoms with Crippen molar-refractivity contribution in [3.8, 4) is 0 Å². The molecule has 2 aliphatic heterocycles. The Bertz CT molecular complexity index is 753. The lowest BCUT2D eigenvalue weighted by atomic mass is 10.1. The van der Waals surface area contributed by atoms with E-state index < -0.39 is 23.8 Å². The van der Waals surface area contributed by atoms with E-state index in [1.807, 2.05) is 0 Å². The molecule has 2 aliphatic rings. The Morgan fingerprint density at radius 1 is 1.12 bits per heavy atom. The second-order valence-electron chi connectivity index (χ2n) is 6.01. The zero-order chi connectivity index (χ0) is 18.1. The van der Waals surface area contributed by atoms with Gasteiger partial charge in [0.1, 0.15) is 12.6 Å². The van der Waals surface area contributed by atoms with Crippen molar-refractivity contribution in [2.75, 3.05) is 13.1 Å². The lowest BCUT2D eigenvalue weighted by Gasteiger charge is -2.30. The normalized spacial score (nSPS) is 20.0. The molecule has 0 unspecified atom stereocenters. The van der Waals surface area contributed by atoms with E-state index in [9.17, 15) is 24.0 Å². The third kappa shape index (κ3) is 3.02. The van der Waals surface area contributed by atoms with E-state index in [-0.39, 0.29) is 31.3 Å². The van der Waals surface area contributed by atoms with Crippen LogP contribution in [0.5, 0.6) is 0 Å². The molecule has 0 saturated carbocycles. The van der Waals surface area contributed by atoms with Crippen LogP contribution in [0.15, 0.2) is 24.3 Å². The molecule has 1 saturated heterocycles. The molecule has 1 atom stereocenters. The van der Waals surface area contributed by atoms with Crippen molar-refractivity contribution in [3.63, 3.8) is 0 Å². The SMILES string of the molecule is CC(=O)N1CC(=O)N[C@@H](CCCN2C(=O)c3ccccc3C2=O)C1=O. The molecule has 1 aromatic carbocycles. The van der Waals surface area contributed by atoms with Gasteiger partial charge in [-0.2, -0.15) is 0 Å². The summed E-state index contributed by atoms with van der Waals surface area (Å²) in [6.45, 7) is 1.10. The van der Waals surface area contributed by atoms with Gasteiger partial charge in [-0.05, 0) is 25.0 Å². The lowest BCUT2D eigenvalue weighted by Crippen LogP contribution is -2.59. The predicted octanol–water partition coefficient (Wildman–Crippen LogP) is -0.0637. The summed E-state index contributed by atoms with van der Waals surface area (Å²) in [5.41, 5.74) is 0.745. The first kappa shape index (κ1) is 16.8. The van der Waals surface area contributed by atoms with Crippen LogP contribution in [0, 0.1) is 0 Å². The number of amides is 5. The second-order valence-corrected chi connectivity index (χ2v) is 6.01. The Kier molecular flexibility index (Phi) is 4.35. The van der Waals surface area contributed by atoms with Crippen LogP contribution in [0.4, 0.5) is 0 Å². The molecule has 8 nitrogen and oxygen atoms in total. The number of rotatable bonds is 4. The standard InChI is InChI=1S/C17H17N3O5/c1-10(21)20-9-14(22)18-13(17(20)25)7-4-8-19-15(23)11-5-2-3-6-12(11)16(19)24/h2-3,5-6,13H,4,7-9H2,1H3,(H,18,22)/t13-/m0/s1. The first-order chi connectivity index (χ1) is 11.9. The lowest BCUT2D eigenvalue weighted by molar-refractivity contribution is -0.152. The Labute approximate surface area is 143 Å². The van der Waals surface area contributed by atoms with Crippen LogP contribution >= 0.6 is 0 Å². The Morgan fingerprint density at radius 2 is 1.72 bits per heavy atom. The van der Waals surface area contributed by atoms with Crippen molar-refractivity contribution in [3.05, 3.63) is 35.4 Å². The number of carbonyl (C=O) groups excluding carboxylic acids is 5. The van der Waals surface area contributed by atoms with E-state index >= 15 is 0 Å². The molecule has 5 amide bonds. The van der Waals surface area contributed by atoms with Gasteiger partial charge in [-0.25, -0.2) is 0 Å². The van der Waals surface area contributed by atoms with Crippen LogP contribution in [0.3, 0.4) is 0 Å². The third-order valence-electron chi connectivity index (χ3n) is 4.33. The number of fused-ring (bicyclic) bond motifs is 1. The molecule has 1 fully saturated rings. The van der Waals surface area contributed by atoms with E-state index in [2.05, 4.69) is 5.32 Å². The fraction of sp³-hybridized carbons (Fsp3) is 0.353. The minimum Gasteiger partial charge on any atom is -0.343 e. The maximum absolute atomic E-state index is 12.3. The highest BCUT2D eigenvalue weighted by Gasteiger charge is 2.37. The summed E-state index contributed by atoms with van der Waals surface area (Å²) in [5.74, 6) is -2.06. The number of imide groups is 2. The van der Waals surface area contributed by atoms with Gasteiger partial charge in [0, 0.05) is 13.5 Å². The van der Waals surface area contributed by atoms with E-state index in [1.165, 1.54) is 6.92 Å². The minimum absolute atomic E-state index is 0.145. The predicted molar refractivity (Wildman–Crippen MR) is 85.4 cm³/mol. The first-order valence-electron chi connectivity index (χ1n) is 7.96. The molecule has 25 heavy (non-hydrogen) atoms. The quantitative estimate of drug-likeness (QED) is 0.771. The van der Waals surface area contributed by atoms with Crippen LogP contribution < -0.4 is 5.32 Å². The molecule has 0 aliphatic carbocycles. The van der Waals surface area contributed by atoms with E-state index in [0.717, 1.165) is 9.80 Å². The van der Waals surface area contributed by atoms with Gasteiger partial charge in [0.2, 0.25) is 11.8 Å². The van der Waals surface area contributed by atoms with Crippen molar-refractivity contribution >= 4 is 29.5 Å². The molecule has 130 valence electrons.